The number of hydrogen-bond donors (Lipinski definition) is 1. The summed E-state index contributed by atoms with van der Waals surface area (Å²) in [6, 6.07) is 5.66. The summed E-state index contributed by atoms with van der Waals surface area (Å²) in [6.07, 6.45) is 0. The zero-order valence-electron chi connectivity index (χ0n) is 8.49. The Morgan fingerprint density at radius 1 is 1.31 bits per heavy atom. The van der Waals surface area contributed by atoms with Gasteiger partial charge in [-0.25, -0.2) is 4.98 Å². The van der Waals surface area contributed by atoms with Gasteiger partial charge in [-0.2, -0.15) is 0 Å². The van der Waals surface area contributed by atoms with Crippen LogP contribution in [0, 0.1) is 6.92 Å². The molecule has 0 unspecified atom stereocenters. The fourth-order valence-corrected chi connectivity index (χ4v) is 1.85. The van der Waals surface area contributed by atoms with Crippen molar-refractivity contribution in [2.45, 2.75) is 6.92 Å². The molecule has 3 rings (SSSR count). The molecule has 0 fully saturated rings. The molecule has 0 amide bonds. The number of benzene rings is 1. The summed E-state index contributed by atoms with van der Waals surface area (Å²) >= 11 is 6.05. The van der Waals surface area contributed by atoms with Gasteiger partial charge in [0, 0.05) is 10.4 Å². The smallest absolute Gasteiger partial charge is 0.260 e. The minimum Gasteiger partial charge on any atom is -0.380 e. The van der Waals surface area contributed by atoms with Crippen molar-refractivity contribution in [2.24, 2.45) is 0 Å². The zero-order valence-corrected chi connectivity index (χ0v) is 9.25. The molecule has 2 N–H and O–H groups in total. The molecule has 0 aliphatic carbocycles. The van der Waals surface area contributed by atoms with E-state index in [1.165, 1.54) is 0 Å². The quantitative estimate of drug-likeness (QED) is 0.648. The van der Waals surface area contributed by atoms with Crippen LogP contribution in [0.15, 0.2) is 22.7 Å². The number of aromatic nitrogens is 2. The second kappa shape index (κ2) is 3.09. The van der Waals surface area contributed by atoms with Crippen molar-refractivity contribution in [3.05, 3.63) is 28.8 Å². The molecule has 2 heterocycles. The van der Waals surface area contributed by atoms with Crippen LogP contribution in [0.1, 0.15) is 5.56 Å². The highest BCUT2D eigenvalue weighted by Crippen LogP contribution is 2.27. The van der Waals surface area contributed by atoms with Gasteiger partial charge >= 0.3 is 0 Å². The maximum atomic E-state index is 6.05. The third-order valence-corrected chi connectivity index (χ3v) is 2.97. The molecular weight excluding hydrogens is 226 g/mol. The molecule has 3 aromatic rings. The molecule has 1 aromatic carbocycles. The van der Waals surface area contributed by atoms with Crippen molar-refractivity contribution in [1.29, 1.82) is 0 Å². The van der Waals surface area contributed by atoms with Gasteiger partial charge in [0.1, 0.15) is 0 Å². The normalized spacial score (nSPS) is 11.4. The van der Waals surface area contributed by atoms with Crippen LogP contribution in [0.3, 0.4) is 0 Å². The standard InChI is InChI=1S/C11H8ClN3O/c1-5-2-9-6(4-8(5)12)3-7-10(13)15-16-11(7)14-9/h2-4H,1H3,(H2,13,15). The summed E-state index contributed by atoms with van der Waals surface area (Å²) in [7, 11) is 0. The minimum atomic E-state index is 0.348. The molecule has 5 heteroatoms. The van der Waals surface area contributed by atoms with Crippen molar-refractivity contribution in [3.8, 4) is 0 Å². The molecular formula is C11H8ClN3O. The third kappa shape index (κ3) is 1.23. The summed E-state index contributed by atoms with van der Waals surface area (Å²) in [5.41, 5.74) is 7.91. The van der Waals surface area contributed by atoms with Crippen molar-refractivity contribution in [2.75, 3.05) is 5.73 Å². The third-order valence-electron chi connectivity index (χ3n) is 2.57. The van der Waals surface area contributed by atoms with Crippen LogP contribution >= 0.6 is 11.6 Å². The van der Waals surface area contributed by atoms with E-state index in [2.05, 4.69) is 10.1 Å². The Hall–Kier alpha value is -1.81. The Labute approximate surface area is 96.0 Å². The van der Waals surface area contributed by atoms with E-state index in [1.54, 1.807) is 0 Å². The fourth-order valence-electron chi connectivity index (χ4n) is 1.68. The fraction of sp³-hybridized carbons (Fsp3) is 0.0909. The van der Waals surface area contributed by atoms with E-state index in [4.69, 9.17) is 21.9 Å². The molecule has 0 aliphatic heterocycles. The second-order valence-electron chi connectivity index (χ2n) is 3.70. The molecule has 0 radical (unpaired) electrons. The van der Waals surface area contributed by atoms with E-state index in [-0.39, 0.29) is 0 Å². The number of nitrogen functional groups attached to an aromatic ring is 1. The van der Waals surface area contributed by atoms with Gasteiger partial charge in [0.05, 0.1) is 10.9 Å². The average Bonchev–Trinajstić information content (AvgIpc) is 2.59. The first-order valence-electron chi connectivity index (χ1n) is 4.77. The lowest BCUT2D eigenvalue weighted by Crippen LogP contribution is -1.86. The lowest BCUT2D eigenvalue weighted by Gasteiger charge is -2.01. The minimum absolute atomic E-state index is 0.348. The summed E-state index contributed by atoms with van der Waals surface area (Å²) in [6.45, 7) is 1.93. The Morgan fingerprint density at radius 3 is 2.94 bits per heavy atom. The highest BCUT2D eigenvalue weighted by atomic mass is 35.5. The number of aryl methyl sites for hydroxylation is 1. The van der Waals surface area contributed by atoms with Gasteiger partial charge in [-0.3, -0.25) is 0 Å². The lowest BCUT2D eigenvalue weighted by atomic mass is 10.1. The van der Waals surface area contributed by atoms with Crippen molar-refractivity contribution in [1.82, 2.24) is 10.1 Å². The summed E-state index contributed by atoms with van der Waals surface area (Å²) in [4.78, 5) is 4.33. The number of halogens is 1. The van der Waals surface area contributed by atoms with E-state index in [9.17, 15) is 0 Å². The number of fused-ring (bicyclic) bond motifs is 2. The lowest BCUT2D eigenvalue weighted by molar-refractivity contribution is 0.453. The van der Waals surface area contributed by atoms with Crippen molar-refractivity contribution >= 4 is 39.4 Å². The van der Waals surface area contributed by atoms with E-state index in [0.29, 0.717) is 21.9 Å². The SMILES string of the molecule is Cc1cc2nc3onc(N)c3cc2cc1Cl. The Balaban J connectivity index is 2.48. The van der Waals surface area contributed by atoms with Crippen LogP contribution in [0.5, 0.6) is 0 Å². The number of nitrogens with two attached hydrogens (primary N) is 1. The van der Waals surface area contributed by atoms with E-state index in [1.807, 2.05) is 25.1 Å². The largest absolute Gasteiger partial charge is 0.380 e. The van der Waals surface area contributed by atoms with Gasteiger partial charge in [0.15, 0.2) is 5.82 Å². The van der Waals surface area contributed by atoms with Crippen molar-refractivity contribution in [3.63, 3.8) is 0 Å². The van der Waals surface area contributed by atoms with Crippen LogP contribution in [0.2, 0.25) is 5.02 Å². The van der Waals surface area contributed by atoms with Gasteiger partial charge in [0.25, 0.3) is 5.71 Å². The van der Waals surface area contributed by atoms with Gasteiger partial charge in [-0.15, -0.1) is 0 Å². The molecule has 2 aromatic heterocycles. The van der Waals surface area contributed by atoms with Crippen LogP contribution in [0.4, 0.5) is 5.82 Å². The topological polar surface area (TPSA) is 64.9 Å². The summed E-state index contributed by atoms with van der Waals surface area (Å²) in [5, 5.41) is 6.03. The molecule has 0 atom stereocenters. The molecule has 0 saturated carbocycles. The molecule has 0 spiro atoms. The maximum absolute atomic E-state index is 6.05. The number of nitrogens with zero attached hydrogens (tertiary/aromatic N) is 2. The number of anilines is 1. The first-order chi connectivity index (χ1) is 7.65. The highest BCUT2D eigenvalue weighted by molar-refractivity contribution is 6.32. The van der Waals surface area contributed by atoms with Gasteiger partial charge in [0.2, 0.25) is 0 Å². The van der Waals surface area contributed by atoms with E-state index >= 15 is 0 Å². The average molecular weight is 234 g/mol. The second-order valence-corrected chi connectivity index (χ2v) is 4.11. The van der Waals surface area contributed by atoms with Gasteiger partial charge in [-0.05, 0) is 30.7 Å². The van der Waals surface area contributed by atoms with E-state index in [0.717, 1.165) is 16.5 Å². The molecule has 80 valence electrons. The van der Waals surface area contributed by atoms with Gasteiger partial charge in [-0.1, -0.05) is 16.8 Å². The Bertz CT molecular complexity index is 705. The molecule has 0 aliphatic rings. The first kappa shape index (κ1) is 9.42. The first-order valence-corrected chi connectivity index (χ1v) is 5.15. The number of hydrogen-bond acceptors (Lipinski definition) is 4. The monoisotopic (exact) mass is 233 g/mol. The van der Waals surface area contributed by atoms with Crippen LogP contribution < -0.4 is 5.73 Å². The van der Waals surface area contributed by atoms with Crippen LogP contribution in [-0.4, -0.2) is 10.1 Å². The van der Waals surface area contributed by atoms with Crippen LogP contribution in [-0.2, 0) is 0 Å². The molecule has 0 saturated heterocycles. The van der Waals surface area contributed by atoms with Crippen LogP contribution in [0.25, 0.3) is 22.0 Å². The highest BCUT2D eigenvalue weighted by Gasteiger charge is 2.09. The molecule has 4 nitrogen and oxygen atoms in total. The Morgan fingerprint density at radius 2 is 2.12 bits per heavy atom. The summed E-state index contributed by atoms with van der Waals surface area (Å²) in [5.74, 6) is 0.348. The van der Waals surface area contributed by atoms with Crippen molar-refractivity contribution < 1.29 is 4.52 Å². The predicted molar refractivity (Wildman–Crippen MR) is 63.5 cm³/mol. The molecule has 0 bridgehead atoms. The zero-order chi connectivity index (χ0) is 11.3. The Kier molecular flexibility index (Phi) is 1.82. The molecule has 16 heavy (non-hydrogen) atoms. The number of rotatable bonds is 0. The predicted octanol–water partition coefficient (Wildman–Crippen LogP) is 2.92. The maximum Gasteiger partial charge on any atom is 0.260 e. The number of pyridine rings is 1. The van der Waals surface area contributed by atoms with Gasteiger partial charge < -0.3 is 10.3 Å². The van der Waals surface area contributed by atoms with E-state index < -0.39 is 0 Å². The summed E-state index contributed by atoms with van der Waals surface area (Å²) < 4.78 is 5.01.